The maximum Gasteiger partial charge on any atom is 0.241 e. The van der Waals surface area contributed by atoms with Crippen molar-refractivity contribution in [1.82, 2.24) is 10.4 Å². The monoisotopic (exact) mass is 352 g/mol. The molecule has 2 aromatic rings. The molecule has 2 aromatic carbocycles. The van der Waals surface area contributed by atoms with Gasteiger partial charge in [-0.15, -0.1) is 0 Å². The minimum atomic E-state index is -0.419. The van der Waals surface area contributed by atoms with Crippen LogP contribution in [0.4, 0.5) is 4.39 Å². The third-order valence-electron chi connectivity index (χ3n) is 5.16. The number of methoxy groups -OCH3 is 1. The summed E-state index contributed by atoms with van der Waals surface area (Å²) < 4.78 is 19.9. The van der Waals surface area contributed by atoms with Gasteiger partial charge in [0.25, 0.3) is 0 Å². The highest BCUT2D eigenvalue weighted by molar-refractivity contribution is 5.84. The number of aryl methyl sites for hydroxylation is 1. The highest BCUT2D eigenvalue weighted by Gasteiger charge is 2.40. The van der Waals surface area contributed by atoms with Crippen molar-refractivity contribution in [2.75, 3.05) is 7.11 Å². The van der Waals surface area contributed by atoms with E-state index in [2.05, 4.69) is 11.5 Å². The number of fused-ring (bicyclic) bond motifs is 2. The van der Waals surface area contributed by atoms with Gasteiger partial charge in [0.2, 0.25) is 5.91 Å². The predicted octanol–water partition coefficient (Wildman–Crippen LogP) is 3.99. The Bertz CT molecular complexity index is 907. The van der Waals surface area contributed by atoms with Crippen LogP contribution in [-0.4, -0.2) is 18.0 Å². The molecule has 0 spiro atoms. The molecule has 26 heavy (non-hydrogen) atoms. The zero-order valence-corrected chi connectivity index (χ0v) is 14.9. The van der Waals surface area contributed by atoms with E-state index in [0.29, 0.717) is 12.0 Å². The van der Waals surface area contributed by atoms with Gasteiger partial charge in [0.15, 0.2) is 0 Å². The smallest absolute Gasteiger partial charge is 0.241 e. The molecular weight excluding hydrogens is 331 g/mol. The van der Waals surface area contributed by atoms with Crippen LogP contribution in [0.15, 0.2) is 48.0 Å². The molecule has 0 fully saturated rings. The average Bonchev–Trinajstić information content (AvgIpc) is 3.07. The van der Waals surface area contributed by atoms with Gasteiger partial charge in [0, 0.05) is 17.5 Å². The molecular formula is C21H21FN2O2. The molecule has 0 bridgehead atoms. The van der Waals surface area contributed by atoms with Crippen LogP contribution in [0.3, 0.4) is 0 Å². The van der Waals surface area contributed by atoms with Gasteiger partial charge in [-0.1, -0.05) is 31.2 Å². The summed E-state index contributed by atoms with van der Waals surface area (Å²) in [5, 5.41) is 1.58. The first-order valence-electron chi connectivity index (χ1n) is 8.87. The van der Waals surface area contributed by atoms with E-state index >= 15 is 0 Å². The number of hydrogen-bond donors (Lipinski definition) is 1. The van der Waals surface area contributed by atoms with E-state index in [9.17, 15) is 9.18 Å². The highest BCUT2D eigenvalue weighted by Crippen LogP contribution is 2.45. The number of rotatable bonds is 3. The van der Waals surface area contributed by atoms with Gasteiger partial charge >= 0.3 is 0 Å². The number of nitrogens with zero attached hydrogens (tertiary/aromatic N) is 1. The highest BCUT2D eigenvalue weighted by atomic mass is 19.1. The summed E-state index contributed by atoms with van der Waals surface area (Å²) in [4.78, 5) is 12.6. The topological polar surface area (TPSA) is 41.6 Å². The number of benzene rings is 2. The number of ether oxygens (including phenoxy) is 1. The molecule has 4 rings (SSSR count). The molecule has 1 atom stereocenters. The molecule has 4 nitrogen and oxygen atoms in total. The number of carbonyl (C=O) groups is 1. The first-order valence-corrected chi connectivity index (χ1v) is 8.87. The van der Waals surface area contributed by atoms with E-state index in [-0.39, 0.29) is 11.7 Å². The van der Waals surface area contributed by atoms with Crippen LogP contribution in [0.5, 0.6) is 5.75 Å². The zero-order chi connectivity index (χ0) is 18.3. The fourth-order valence-electron chi connectivity index (χ4n) is 3.85. The van der Waals surface area contributed by atoms with E-state index in [0.717, 1.165) is 35.4 Å². The number of halogens is 1. The average molecular weight is 352 g/mol. The fraction of sp³-hybridized carbons (Fsp3) is 0.286. The van der Waals surface area contributed by atoms with Crippen molar-refractivity contribution >= 4 is 11.6 Å². The summed E-state index contributed by atoms with van der Waals surface area (Å²) in [7, 11) is 1.64. The largest absolute Gasteiger partial charge is 0.497 e. The second-order valence-corrected chi connectivity index (χ2v) is 6.58. The Balaban J connectivity index is 1.86. The Labute approximate surface area is 152 Å². The fourth-order valence-corrected chi connectivity index (χ4v) is 3.85. The van der Waals surface area contributed by atoms with Crippen molar-refractivity contribution in [2.24, 2.45) is 0 Å². The maximum atomic E-state index is 14.5. The summed E-state index contributed by atoms with van der Waals surface area (Å²) in [6, 6.07) is 12.3. The Hall–Kier alpha value is -2.82. The lowest BCUT2D eigenvalue weighted by atomic mass is 9.85. The molecule has 1 N–H and O–H groups in total. The molecule has 5 heteroatoms. The van der Waals surface area contributed by atoms with Crippen LogP contribution < -0.4 is 10.2 Å². The first-order chi connectivity index (χ1) is 12.6. The van der Waals surface area contributed by atoms with Gasteiger partial charge in [-0.05, 0) is 42.2 Å². The van der Waals surface area contributed by atoms with Crippen molar-refractivity contribution in [3.63, 3.8) is 0 Å². The quantitative estimate of drug-likeness (QED) is 0.908. The van der Waals surface area contributed by atoms with Gasteiger partial charge in [0.1, 0.15) is 17.6 Å². The lowest BCUT2D eigenvalue weighted by Crippen LogP contribution is -2.39. The molecule has 0 unspecified atom stereocenters. The number of nitrogens with one attached hydrogen (secondary N) is 1. The molecule has 1 aliphatic carbocycles. The summed E-state index contributed by atoms with van der Waals surface area (Å²) in [5.74, 6) is 0.414. The molecule has 0 saturated carbocycles. The van der Waals surface area contributed by atoms with Crippen molar-refractivity contribution in [2.45, 2.75) is 32.2 Å². The van der Waals surface area contributed by atoms with E-state index in [1.54, 1.807) is 24.3 Å². The molecule has 134 valence electrons. The van der Waals surface area contributed by atoms with Crippen LogP contribution in [0.2, 0.25) is 0 Å². The molecule has 0 radical (unpaired) electrons. The van der Waals surface area contributed by atoms with Crippen LogP contribution in [0.1, 0.15) is 42.5 Å². The van der Waals surface area contributed by atoms with Crippen LogP contribution in [0.25, 0.3) is 5.70 Å². The van der Waals surface area contributed by atoms with Crippen LogP contribution >= 0.6 is 0 Å². The Morgan fingerprint density at radius 2 is 2.08 bits per heavy atom. The maximum absolute atomic E-state index is 14.5. The number of amides is 1. The minimum absolute atomic E-state index is 0.0582. The molecule has 1 aliphatic heterocycles. The minimum Gasteiger partial charge on any atom is -0.497 e. The standard InChI is InChI=1S/C21H21FN2O2/c1-3-19(25)24-21(15-6-4-5-7-18(15)22)16-11-9-13-8-10-14(26-2)12-17(13)20(16)23-24/h4-8,10,12,21,23H,3,9,11H2,1-2H3/t21-/m1/s1. The summed E-state index contributed by atoms with van der Waals surface area (Å²) in [5.41, 5.74) is 7.98. The van der Waals surface area contributed by atoms with E-state index in [1.807, 2.05) is 25.1 Å². The summed E-state index contributed by atoms with van der Waals surface area (Å²) in [6.07, 6.45) is 2.00. The van der Waals surface area contributed by atoms with Crippen molar-refractivity contribution in [1.29, 1.82) is 0 Å². The number of hydrazine groups is 1. The Morgan fingerprint density at radius 1 is 1.27 bits per heavy atom. The molecule has 1 heterocycles. The number of hydrogen-bond acceptors (Lipinski definition) is 3. The second kappa shape index (κ2) is 6.48. The summed E-state index contributed by atoms with van der Waals surface area (Å²) >= 11 is 0. The normalized spacial score (nSPS) is 18.3. The van der Waals surface area contributed by atoms with Gasteiger partial charge in [0.05, 0.1) is 12.8 Å². The third-order valence-corrected chi connectivity index (χ3v) is 5.16. The van der Waals surface area contributed by atoms with E-state index < -0.39 is 6.04 Å². The van der Waals surface area contributed by atoms with Crippen molar-refractivity contribution < 1.29 is 13.9 Å². The molecule has 0 aromatic heterocycles. The molecule has 2 aliphatic rings. The Morgan fingerprint density at radius 3 is 2.81 bits per heavy atom. The second-order valence-electron chi connectivity index (χ2n) is 6.58. The number of carbonyl (C=O) groups excluding carboxylic acids is 1. The molecule has 0 saturated heterocycles. The van der Waals surface area contributed by atoms with Gasteiger partial charge in [-0.3, -0.25) is 10.2 Å². The first kappa shape index (κ1) is 16.6. The van der Waals surface area contributed by atoms with Gasteiger partial charge < -0.3 is 4.74 Å². The zero-order valence-electron chi connectivity index (χ0n) is 14.9. The van der Waals surface area contributed by atoms with Crippen LogP contribution in [-0.2, 0) is 11.2 Å². The lowest BCUT2D eigenvalue weighted by molar-refractivity contribution is -0.134. The van der Waals surface area contributed by atoms with E-state index in [4.69, 9.17) is 4.74 Å². The molecule has 1 amide bonds. The van der Waals surface area contributed by atoms with Crippen molar-refractivity contribution in [3.05, 3.63) is 70.5 Å². The lowest BCUT2D eigenvalue weighted by Gasteiger charge is -2.27. The van der Waals surface area contributed by atoms with E-state index in [1.165, 1.54) is 11.6 Å². The SMILES string of the molecule is CCC(=O)N1NC2=C(CCc3ccc(OC)cc32)[C@H]1c1ccccc1F. The van der Waals surface area contributed by atoms with Crippen molar-refractivity contribution in [3.8, 4) is 5.75 Å². The summed E-state index contributed by atoms with van der Waals surface area (Å²) in [6.45, 7) is 1.82. The van der Waals surface area contributed by atoms with Crippen LogP contribution in [0, 0.1) is 5.82 Å². The van der Waals surface area contributed by atoms with Gasteiger partial charge in [-0.2, -0.15) is 0 Å². The predicted molar refractivity (Wildman–Crippen MR) is 97.6 cm³/mol. The van der Waals surface area contributed by atoms with Gasteiger partial charge in [-0.25, -0.2) is 9.40 Å². The third kappa shape index (κ3) is 2.55. The Kier molecular flexibility index (Phi) is 4.15.